The van der Waals surface area contributed by atoms with Crippen LogP contribution >= 0.6 is 0 Å². The van der Waals surface area contributed by atoms with Crippen LogP contribution in [0.3, 0.4) is 0 Å². The standard InChI is InChI=1S/C17H33N3O2/c1-16(2,3)14(21)8-6-7-9-15(22)19-10-12-20(13-11-19)17(4,5)18/h6-13,18H2,1-5H3. The number of nitrogens with zero attached hydrogens (tertiary/aromatic N) is 2. The summed E-state index contributed by atoms with van der Waals surface area (Å²) < 4.78 is 0. The highest BCUT2D eigenvalue weighted by molar-refractivity contribution is 5.83. The third-order valence-electron chi connectivity index (χ3n) is 4.33. The maximum Gasteiger partial charge on any atom is 0.222 e. The van der Waals surface area contributed by atoms with Crippen LogP contribution in [0.15, 0.2) is 0 Å². The summed E-state index contributed by atoms with van der Waals surface area (Å²) in [4.78, 5) is 28.1. The summed E-state index contributed by atoms with van der Waals surface area (Å²) >= 11 is 0. The van der Waals surface area contributed by atoms with Gasteiger partial charge in [0.25, 0.3) is 0 Å². The molecule has 0 aromatic carbocycles. The summed E-state index contributed by atoms with van der Waals surface area (Å²) in [5.74, 6) is 0.483. The fourth-order valence-corrected chi connectivity index (χ4v) is 2.63. The van der Waals surface area contributed by atoms with Gasteiger partial charge in [-0.05, 0) is 26.7 Å². The first-order valence-electron chi connectivity index (χ1n) is 8.37. The van der Waals surface area contributed by atoms with Gasteiger partial charge in [-0.25, -0.2) is 0 Å². The minimum absolute atomic E-state index is 0.206. The largest absolute Gasteiger partial charge is 0.340 e. The summed E-state index contributed by atoms with van der Waals surface area (Å²) in [6.45, 7) is 13.0. The number of hydrogen-bond donors (Lipinski definition) is 1. The maximum absolute atomic E-state index is 12.2. The van der Waals surface area contributed by atoms with Crippen LogP contribution in [0.4, 0.5) is 0 Å². The molecule has 0 saturated carbocycles. The van der Waals surface area contributed by atoms with E-state index in [0.717, 1.165) is 39.0 Å². The van der Waals surface area contributed by atoms with E-state index in [1.807, 2.05) is 39.5 Å². The molecule has 1 rings (SSSR count). The van der Waals surface area contributed by atoms with Crippen molar-refractivity contribution in [2.75, 3.05) is 26.2 Å². The third kappa shape index (κ3) is 6.05. The van der Waals surface area contributed by atoms with Crippen LogP contribution in [0.2, 0.25) is 0 Å². The van der Waals surface area contributed by atoms with E-state index in [1.54, 1.807) is 0 Å². The Labute approximate surface area is 135 Å². The normalized spacial score (nSPS) is 17.6. The highest BCUT2D eigenvalue weighted by Crippen LogP contribution is 2.19. The van der Waals surface area contributed by atoms with Gasteiger partial charge in [-0.1, -0.05) is 20.8 Å². The molecule has 1 aliphatic heterocycles. The molecule has 0 aliphatic carbocycles. The second kappa shape index (κ2) is 7.55. The molecule has 1 heterocycles. The van der Waals surface area contributed by atoms with E-state index in [1.165, 1.54) is 0 Å². The Morgan fingerprint density at radius 1 is 0.909 bits per heavy atom. The smallest absolute Gasteiger partial charge is 0.222 e. The van der Waals surface area contributed by atoms with Gasteiger partial charge in [0.2, 0.25) is 5.91 Å². The van der Waals surface area contributed by atoms with Crippen molar-refractivity contribution in [1.29, 1.82) is 0 Å². The van der Waals surface area contributed by atoms with E-state index in [0.29, 0.717) is 12.8 Å². The molecule has 128 valence electrons. The lowest BCUT2D eigenvalue weighted by molar-refractivity contribution is -0.134. The average molecular weight is 311 g/mol. The minimum Gasteiger partial charge on any atom is -0.340 e. The minimum atomic E-state index is -0.317. The molecule has 22 heavy (non-hydrogen) atoms. The average Bonchev–Trinajstić information content (AvgIpc) is 2.41. The van der Waals surface area contributed by atoms with E-state index >= 15 is 0 Å². The molecule has 0 atom stereocenters. The lowest BCUT2D eigenvalue weighted by atomic mass is 9.88. The molecule has 2 N–H and O–H groups in total. The number of carbonyl (C=O) groups is 2. The number of piperazine rings is 1. The van der Waals surface area contributed by atoms with Crippen LogP contribution in [-0.2, 0) is 9.59 Å². The van der Waals surface area contributed by atoms with Gasteiger partial charge in [-0.2, -0.15) is 0 Å². The first kappa shape index (κ1) is 19.1. The first-order valence-corrected chi connectivity index (χ1v) is 8.37. The number of ketones is 1. The van der Waals surface area contributed by atoms with Gasteiger partial charge in [0.1, 0.15) is 5.78 Å². The molecule has 0 aromatic rings. The van der Waals surface area contributed by atoms with Gasteiger partial charge in [-0.3, -0.25) is 14.5 Å². The summed E-state index contributed by atoms with van der Waals surface area (Å²) in [5.41, 5.74) is 5.50. The molecule has 1 amide bonds. The number of carbonyl (C=O) groups excluding carboxylic acids is 2. The maximum atomic E-state index is 12.2. The van der Waals surface area contributed by atoms with Crippen molar-refractivity contribution in [3.63, 3.8) is 0 Å². The first-order chi connectivity index (χ1) is 10.0. The van der Waals surface area contributed by atoms with Crippen LogP contribution < -0.4 is 5.73 Å². The summed E-state index contributed by atoms with van der Waals surface area (Å²) in [6.07, 6.45) is 2.72. The van der Waals surface area contributed by atoms with Crippen molar-refractivity contribution < 1.29 is 9.59 Å². The van der Waals surface area contributed by atoms with Gasteiger partial charge in [0.05, 0.1) is 5.66 Å². The molecule has 1 fully saturated rings. The Morgan fingerprint density at radius 3 is 1.86 bits per heavy atom. The molecule has 5 heteroatoms. The number of hydrogen-bond acceptors (Lipinski definition) is 4. The van der Waals surface area contributed by atoms with Crippen LogP contribution in [0, 0.1) is 5.41 Å². The molecule has 0 bridgehead atoms. The lowest BCUT2D eigenvalue weighted by Gasteiger charge is -2.42. The molecule has 0 unspecified atom stereocenters. The number of Topliss-reactive ketones (excluding diaryl/α,β-unsaturated/α-hetero) is 1. The van der Waals surface area contributed by atoms with Crippen LogP contribution in [-0.4, -0.2) is 53.3 Å². The van der Waals surface area contributed by atoms with Crippen molar-refractivity contribution in [1.82, 2.24) is 9.80 Å². The van der Waals surface area contributed by atoms with Gasteiger partial charge in [-0.15, -0.1) is 0 Å². The number of rotatable bonds is 6. The molecular formula is C17H33N3O2. The highest BCUT2D eigenvalue weighted by Gasteiger charge is 2.28. The predicted octanol–water partition coefficient (Wildman–Crippen LogP) is 2.00. The summed E-state index contributed by atoms with van der Waals surface area (Å²) in [5, 5.41) is 0. The zero-order valence-corrected chi connectivity index (χ0v) is 14.9. The Balaban J connectivity index is 2.24. The number of amides is 1. The Bertz CT molecular complexity index is 386. The molecule has 1 aliphatic rings. The zero-order chi connectivity index (χ0) is 17.0. The van der Waals surface area contributed by atoms with Crippen molar-refractivity contribution in [2.45, 2.75) is 66.0 Å². The molecule has 1 saturated heterocycles. The van der Waals surface area contributed by atoms with Crippen molar-refractivity contribution >= 4 is 11.7 Å². The Morgan fingerprint density at radius 2 is 1.41 bits per heavy atom. The van der Waals surface area contributed by atoms with Crippen molar-refractivity contribution in [3.8, 4) is 0 Å². The fourth-order valence-electron chi connectivity index (χ4n) is 2.63. The molecule has 0 spiro atoms. The van der Waals surface area contributed by atoms with Crippen LogP contribution in [0.5, 0.6) is 0 Å². The van der Waals surface area contributed by atoms with Gasteiger partial charge in [0, 0.05) is 44.4 Å². The third-order valence-corrected chi connectivity index (χ3v) is 4.33. The monoisotopic (exact) mass is 311 g/mol. The predicted molar refractivity (Wildman–Crippen MR) is 89.3 cm³/mol. The summed E-state index contributed by atoms with van der Waals surface area (Å²) in [7, 11) is 0. The van der Waals surface area contributed by atoms with Gasteiger partial charge in [0.15, 0.2) is 0 Å². The second-order valence-corrected chi connectivity index (χ2v) is 7.90. The molecule has 0 radical (unpaired) electrons. The highest BCUT2D eigenvalue weighted by atomic mass is 16.2. The quantitative estimate of drug-likeness (QED) is 0.762. The van der Waals surface area contributed by atoms with Crippen LogP contribution in [0.1, 0.15) is 60.3 Å². The van der Waals surface area contributed by atoms with Gasteiger partial charge >= 0.3 is 0 Å². The van der Waals surface area contributed by atoms with E-state index in [9.17, 15) is 9.59 Å². The molecule has 0 aromatic heterocycles. The summed E-state index contributed by atoms with van der Waals surface area (Å²) in [6, 6.07) is 0. The lowest BCUT2D eigenvalue weighted by Crippen LogP contribution is -2.59. The SMILES string of the molecule is CC(C)(C)C(=O)CCCCC(=O)N1CCN(C(C)(C)N)CC1. The second-order valence-electron chi connectivity index (χ2n) is 7.90. The van der Waals surface area contributed by atoms with E-state index in [4.69, 9.17) is 5.73 Å². The Kier molecular flexibility index (Phi) is 6.56. The van der Waals surface area contributed by atoms with Crippen molar-refractivity contribution in [2.24, 2.45) is 11.1 Å². The Hall–Kier alpha value is -0.940. The molecular weight excluding hydrogens is 278 g/mol. The van der Waals surface area contributed by atoms with Crippen LogP contribution in [0.25, 0.3) is 0 Å². The number of unbranched alkanes of at least 4 members (excludes halogenated alkanes) is 1. The number of nitrogens with two attached hydrogens (primary N) is 1. The van der Waals surface area contributed by atoms with E-state index in [2.05, 4.69) is 4.90 Å². The van der Waals surface area contributed by atoms with E-state index < -0.39 is 0 Å². The van der Waals surface area contributed by atoms with Gasteiger partial charge < -0.3 is 10.6 Å². The zero-order valence-electron chi connectivity index (χ0n) is 14.9. The fraction of sp³-hybridized carbons (Fsp3) is 0.882. The topological polar surface area (TPSA) is 66.6 Å². The molecule has 5 nitrogen and oxygen atoms in total. The van der Waals surface area contributed by atoms with Crippen molar-refractivity contribution in [3.05, 3.63) is 0 Å². The van der Waals surface area contributed by atoms with E-state index in [-0.39, 0.29) is 22.8 Å².